The van der Waals surface area contributed by atoms with Crippen molar-refractivity contribution in [3.8, 4) is 0 Å². The van der Waals surface area contributed by atoms with Crippen LogP contribution < -0.4 is 18.9 Å². The minimum atomic E-state index is 0. The molecule has 0 aromatic heterocycles. The van der Waals surface area contributed by atoms with Crippen molar-refractivity contribution in [2.45, 2.75) is 13.8 Å². The quantitative estimate of drug-likeness (QED) is 0.323. The molecule has 0 bridgehead atoms. The first-order chi connectivity index (χ1) is 3.85. The SMILES string of the molecule is CCN(CC)CC[S-].[Li+]. The van der Waals surface area contributed by atoms with Crippen LogP contribution in [0.25, 0.3) is 0 Å². The van der Waals surface area contributed by atoms with E-state index in [9.17, 15) is 0 Å². The molecular weight excluding hydrogens is 125 g/mol. The molecule has 0 amide bonds. The van der Waals surface area contributed by atoms with Crippen LogP contribution in [0.4, 0.5) is 0 Å². The third kappa shape index (κ3) is 6.80. The maximum absolute atomic E-state index is 4.82. The van der Waals surface area contributed by atoms with Crippen LogP contribution in [0.3, 0.4) is 0 Å². The van der Waals surface area contributed by atoms with Crippen LogP contribution in [0.5, 0.6) is 0 Å². The molecule has 0 unspecified atom stereocenters. The summed E-state index contributed by atoms with van der Waals surface area (Å²) in [6, 6.07) is 0. The van der Waals surface area contributed by atoms with E-state index >= 15 is 0 Å². The van der Waals surface area contributed by atoms with Gasteiger partial charge < -0.3 is 17.5 Å². The van der Waals surface area contributed by atoms with E-state index in [0.29, 0.717) is 0 Å². The minimum absolute atomic E-state index is 0. The summed E-state index contributed by atoms with van der Waals surface area (Å²) in [5, 5.41) is 0. The molecule has 0 N–H and O–H groups in total. The summed E-state index contributed by atoms with van der Waals surface area (Å²) >= 11 is 4.82. The van der Waals surface area contributed by atoms with Gasteiger partial charge >= 0.3 is 18.9 Å². The molecular formula is C6H14LiNS. The second-order valence-electron chi connectivity index (χ2n) is 1.73. The monoisotopic (exact) mass is 139 g/mol. The first-order valence-electron chi connectivity index (χ1n) is 3.15. The van der Waals surface area contributed by atoms with Crippen molar-refractivity contribution >= 4 is 12.6 Å². The Kier molecular flexibility index (Phi) is 12.4. The summed E-state index contributed by atoms with van der Waals surface area (Å²) < 4.78 is 0. The third-order valence-corrected chi connectivity index (χ3v) is 1.48. The van der Waals surface area contributed by atoms with Gasteiger partial charge in [-0.05, 0) is 19.6 Å². The van der Waals surface area contributed by atoms with E-state index in [1.807, 2.05) is 0 Å². The fourth-order valence-corrected chi connectivity index (χ4v) is 0.927. The van der Waals surface area contributed by atoms with Gasteiger partial charge in [-0.15, -0.1) is 0 Å². The molecule has 50 valence electrons. The zero-order valence-electron chi connectivity index (χ0n) is 6.68. The van der Waals surface area contributed by atoms with Gasteiger partial charge in [-0.25, -0.2) is 0 Å². The van der Waals surface area contributed by atoms with E-state index < -0.39 is 0 Å². The summed E-state index contributed by atoms with van der Waals surface area (Å²) in [7, 11) is 0. The van der Waals surface area contributed by atoms with Gasteiger partial charge in [0.2, 0.25) is 0 Å². The Morgan fingerprint density at radius 1 is 1.22 bits per heavy atom. The molecule has 0 spiro atoms. The molecule has 0 aromatic rings. The molecule has 0 aromatic carbocycles. The summed E-state index contributed by atoms with van der Waals surface area (Å²) in [5.74, 6) is 0.863. The van der Waals surface area contributed by atoms with Crippen molar-refractivity contribution < 1.29 is 18.9 Å². The number of rotatable bonds is 4. The molecule has 1 nitrogen and oxygen atoms in total. The maximum atomic E-state index is 4.82. The van der Waals surface area contributed by atoms with Crippen LogP contribution in [0.2, 0.25) is 0 Å². The van der Waals surface area contributed by atoms with Crippen molar-refractivity contribution in [3.63, 3.8) is 0 Å². The third-order valence-electron chi connectivity index (χ3n) is 1.30. The van der Waals surface area contributed by atoms with E-state index in [0.717, 1.165) is 25.4 Å². The van der Waals surface area contributed by atoms with Gasteiger partial charge in [-0.1, -0.05) is 13.8 Å². The fourth-order valence-electron chi connectivity index (χ4n) is 0.669. The average molecular weight is 139 g/mol. The Labute approximate surface area is 75.8 Å². The number of hydrogen-bond acceptors (Lipinski definition) is 2. The molecule has 0 atom stereocenters. The molecule has 0 radical (unpaired) electrons. The largest absolute Gasteiger partial charge is 1.00 e. The molecule has 0 aliphatic heterocycles. The van der Waals surface area contributed by atoms with E-state index in [1.54, 1.807) is 0 Å². The van der Waals surface area contributed by atoms with Gasteiger partial charge in [0, 0.05) is 0 Å². The van der Waals surface area contributed by atoms with Gasteiger partial charge in [-0.3, -0.25) is 0 Å². The molecule has 0 saturated carbocycles. The standard InChI is InChI=1S/C6H15NS.Li/c1-3-7(4-2)5-6-8;/h8H,3-6H2,1-2H3;/q;+1/p-1. The van der Waals surface area contributed by atoms with Crippen molar-refractivity contribution in [1.29, 1.82) is 0 Å². The number of nitrogens with zero attached hydrogens (tertiary/aromatic N) is 1. The molecule has 0 rings (SSSR count). The minimum Gasteiger partial charge on any atom is -0.791 e. The normalized spacial score (nSPS) is 9.33. The number of hydrogen-bond donors (Lipinski definition) is 0. The van der Waals surface area contributed by atoms with Gasteiger partial charge in [0.25, 0.3) is 0 Å². The molecule has 0 fully saturated rings. The summed E-state index contributed by atoms with van der Waals surface area (Å²) in [4.78, 5) is 2.33. The average Bonchev–Trinajstić information content (AvgIpc) is 1.83. The maximum Gasteiger partial charge on any atom is 1.00 e. The second kappa shape index (κ2) is 8.91. The predicted molar refractivity (Wildman–Crippen MR) is 40.0 cm³/mol. The van der Waals surface area contributed by atoms with Gasteiger partial charge in [0.1, 0.15) is 0 Å². The van der Waals surface area contributed by atoms with Crippen LogP contribution in [0, 0.1) is 0 Å². The Balaban J connectivity index is 0. The first kappa shape index (κ1) is 12.6. The van der Waals surface area contributed by atoms with E-state index in [4.69, 9.17) is 12.6 Å². The summed E-state index contributed by atoms with van der Waals surface area (Å²) in [6.07, 6.45) is 0. The predicted octanol–water partition coefficient (Wildman–Crippen LogP) is -2.12. The summed E-state index contributed by atoms with van der Waals surface area (Å²) in [6.45, 7) is 7.66. The van der Waals surface area contributed by atoms with Crippen LogP contribution in [-0.4, -0.2) is 30.3 Å². The fraction of sp³-hybridized carbons (Fsp3) is 1.00. The molecule has 0 aliphatic rings. The Bertz CT molecular complexity index is 48.3. The summed E-state index contributed by atoms with van der Waals surface area (Å²) in [5.41, 5.74) is 0. The first-order valence-corrected chi connectivity index (χ1v) is 3.73. The molecule has 9 heavy (non-hydrogen) atoms. The van der Waals surface area contributed by atoms with Crippen molar-refractivity contribution in [2.24, 2.45) is 0 Å². The van der Waals surface area contributed by atoms with Gasteiger partial charge in [0.15, 0.2) is 0 Å². The smallest absolute Gasteiger partial charge is 0.791 e. The topological polar surface area (TPSA) is 3.24 Å². The van der Waals surface area contributed by atoms with Gasteiger partial charge in [0.05, 0.1) is 0 Å². The second-order valence-corrected chi connectivity index (χ2v) is 2.14. The molecule has 3 heteroatoms. The van der Waals surface area contributed by atoms with E-state index in [1.165, 1.54) is 0 Å². The van der Waals surface area contributed by atoms with Crippen molar-refractivity contribution in [2.75, 3.05) is 25.4 Å². The van der Waals surface area contributed by atoms with Crippen LogP contribution in [-0.2, 0) is 12.6 Å². The van der Waals surface area contributed by atoms with Gasteiger partial charge in [-0.2, -0.15) is 5.75 Å². The van der Waals surface area contributed by atoms with E-state index in [-0.39, 0.29) is 18.9 Å². The Hall–Kier alpha value is 0.907. The molecule has 0 heterocycles. The van der Waals surface area contributed by atoms with Crippen LogP contribution >= 0.6 is 0 Å². The van der Waals surface area contributed by atoms with Crippen molar-refractivity contribution in [1.82, 2.24) is 4.90 Å². The molecule has 0 saturated heterocycles. The zero-order chi connectivity index (χ0) is 6.41. The van der Waals surface area contributed by atoms with Crippen molar-refractivity contribution in [3.05, 3.63) is 0 Å². The Morgan fingerprint density at radius 3 is 1.78 bits per heavy atom. The van der Waals surface area contributed by atoms with Crippen LogP contribution in [0.15, 0.2) is 0 Å². The Morgan fingerprint density at radius 2 is 1.67 bits per heavy atom. The molecule has 0 aliphatic carbocycles. The van der Waals surface area contributed by atoms with Crippen LogP contribution in [0.1, 0.15) is 13.8 Å². The zero-order valence-corrected chi connectivity index (χ0v) is 7.50. The van der Waals surface area contributed by atoms with E-state index in [2.05, 4.69) is 18.7 Å².